The second-order valence-corrected chi connectivity index (χ2v) is 2.21. The third kappa shape index (κ3) is 2.30. The number of rotatable bonds is 3. The fourth-order valence-corrected chi connectivity index (χ4v) is 0.924. The van der Waals surface area contributed by atoms with Crippen molar-refractivity contribution in [1.82, 2.24) is 0 Å². The van der Waals surface area contributed by atoms with Crippen LogP contribution in [0.15, 0.2) is 33.5 Å². The van der Waals surface area contributed by atoms with Crippen molar-refractivity contribution in [3.63, 3.8) is 0 Å². The Morgan fingerprint density at radius 2 is 1.27 bits per heavy atom. The minimum atomic E-state index is 0.00981. The van der Waals surface area contributed by atoms with Crippen LogP contribution >= 0.6 is 0 Å². The summed E-state index contributed by atoms with van der Waals surface area (Å²) in [5.41, 5.74) is 25.0. The third-order valence-electron chi connectivity index (χ3n) is 1.44. The molecule has 0 atom stereocenters. The van der Waals surface area contributed by atoms with E-state index in [2.05, 4.69) is 30.1 Å². The lowest BCUT2D eigenvalue weighted by atomic mass is 10.2. The van der Waals surface area contributed by atoms with E-state index in [-0.39, 0.29) is 17.1 Å². The van der Waals surface area contributed by atoms with E-state index in [9.17, 15) is 0 Å². The van der Waals surface area contributed by atoms with Crippen LogP contribution < -0.4 is 0 Å². The molecule has 1 rings (SSSR count). The maximum Gasteiger partial charge on any atom is 0.0566 e. The molecule has 0 saturated heterocycles. The minimum absolute atomic E-state index is 0.00981. The molecule has 0 saturated carbocycles. The number of azide groups is 3. The van der Waals surface area contributed by atoms with Gasteiger partial charge in [0.15, 0.2) is 0 Å². The molecule has 0 aromatic heterocycles. The van der Waals surface area contributed by atoms with Crippen molar-refractivity contribution in [2.45, 2.75) is 0 Å². The second kappa shape index (κ2) is 5.00. The van der Waals surface area contributed by atoms with Crippen LogP contribution in [0.4, 0.5) is 17.1 Å². The number of hydrogen-bond acceptors (Lipinski definition) is 3. The van der Waals surface area contributed by atoms with Crippen LogP contribution in [0.2, 0.25) is 0 Å². The van der Waals surface area contributed by atoms with Gasteiger partial charge in [0.25, 0.3) is 0 Å². The molecule has 0 aliphatic carbocycles. The van der Waals surface area contributed by atoms with Gasteiger partial charge in [-0.1, -0.05) is 33.5 Å². The van der Waals surface area contributed by atoms with Gasteiger partial charge in [-0.05, 0) is 16.6 Å². The molecule has 0 aliphatic rings. The molecule has 0 N–H and O–H groups in total. The van der Waals surface area contributed by atoms with Crippen LogP contribution in [0.1, 0.15) is 0 Å². The molecule has 9 nitrogen and oxygen atoms in total. The van der Waals surface area contributed by atoms with E-state index in [1.165, 1.54) is 18.2 Å². The third-order valence-corrected chi connectivity index (χ3v) is 1.44. The SMILES string of the molecule is [N-]=[N+]=Nc1cccc(N=[N+]=[N-])c1N=[N+]=[N-]. The highest BCUT2D eigenvalue weighted by Gasteiger charge is 2.03. The topological polar surface area (TPSA) is 146 Å². The van der Waals surface area contributed by atoms with Gasteiger partial charge in [-0.3, -0.25) is 0 Å². The Morgan fingerprint density at radius 1 is 0.800 bits per heavy atom. The number of benzene rings is 1. The zero-order valence-electron chi connectivity index (χ0n) is 7.26. The molecule has 0 bridgehead atoms. The highest BCUT2D eigenvalue weighted by molar-refractivity contribution is 5.75. The van der Waals surface area contributed by atoms with Crippen LogP contribution in [0.3, 0.4) is 0 Å². The van der Waals surface area contributed by atoms with E-state index >= 15 is 0 Å². The van der Waals surface area contributed by atoms with Crippen LogP contribution in [0.25, 0.3) is 31.3 Å². The van der Waals surface area contributed by atoms with Crippen molar-refractivity contribution in [3.8, 4) is 0 Å². The van der Waals surface area contributed by atoms with Crippen molar-refractivity contribution in [2.75, 3.05) is 0 Å². The Labute approximate surface area is 82.8 Å². The molecule has 0 fully saturated rings. The predicted octanol–water partition coefficient (Wildman–Crippen LogP) is 4.51. The van der Waals surface area contributed by atoms with Crippen molar-refractivity contribution in [2.24, 2.45) is 15.3 Å². The Bertz CT molecular complexity index is 477. The normalized spacial score (nSPS) is 8.00. The fourth-order valence-electron chi connectivity index (χ4n) is 0.924. The van der Waals surface area contributed by atoms with Crippen LogP contribution in [0, 0.1) is 0 Å². The van der Waals surface area contributed by atoms with Gasteiger partial charge in [0.1, 0.15) is 0 Å². The van der Waals surface area contributed by atoms with Gasteiger partial charge in [-0.2, -0.15) is 0 Å². The molecular weight excluding hydrogens is 198 g/mol. The van der Waals surface area contributed by atoms with E-state index < -0.39 is 0 Å². The van der Waals surface area contributed by atoms with Crippen molar-refractivity contribution < 1.29 is 0 Å². The average Bonchev–Trinajstić information content (AvgIpc) is 2.23. The summed E-state index contributed by atoms with van der Waals surface area (Å²) in [7, 11) is 0. The van der Waals surface area contributed by atoms with Gasteiger partial charge >= 0.3 is 0 Å². The second-order valence-electron chi connectivity index (χ2n) is 2.21. The monoisotopic (exact) mass is 201 g/mol. The maximum atomic E-state index is 8.29. The number of nitrogens with zero attached hydrogens (tertiary/aromatic N) is 9. The van der Waals surface area contributed by atoms with Crippen molar-refractivity contribution in [3.05, 3.63) is 49.5 Å². The van der Waals surface area contributed by atoms with Crippen LogP contribution in [-0.2, 0) is 0 Å². The molecule has 0 aliphatic heterocycles. The lowest BCUT2D eigenvalue weighted by Crippen LogP contribution is -1.67. The molecule has 0 amide bonds. The lowest BCUT2D eigenvalue weighted by molar-refractivity contribution is 1.36. The molecular formula is C6H3N9. The smallest absolute Gasteiger partial charge is 0.0566 e. The van der Waals surface area contributed by atoms with Crippen LogP contribution in [0.5, 0.6) is 0 Å². The summed E-state index contributed by atoms with van der Waals surface area (Å²) in [5.74, 6) is 0. The van der Waals surface area contributed by atoms with Crippen molar-refractivity contribution in [1.29, 1.82) is 0 Å². The van der Waals surface area contributed by atoms with Gasteiger partial charge in [0, 0.05) is 26.1 Å². The predicted molar refractivity (Wildman–Crippen MR) is 52.9 cm³/mol. The lowest BCUT2D eigenvalue weighted by Gasteiger charge is -2.00. The molecule has 0 unspecified atom stereocenters. The summed E-state index contributed by atoms with van der Waals surface area (Å²) in [5, 5.41) is 9.90. The average molecular weight is 201 g/mol. The Morgan fingerprint density at radius 3 is 1.67 bits per heavy atom. The molecule has 15 heavy (non-hydrogen) atoms. The zero-order valence-corrected chi connectivity index (χ0v) is 7.26. The van der Waals surface area contributed by atoms with E-state index in [0.29, 0.717) is 0 Å². The van der Waals surface area contributed by atoms with Crippen LogP contribution in [-0.4, -0.2) is 0 Å². The summed E-state index contributed by atoms with van der Waals surface area (Å²) in [6, 6.07) is 4.41. The standard InChI is InChI=1S/C6H3N9/c7-13-10-4-2-1-3-5(11-14-8)6(4)12-15-9/h1-3H. The van der Waals surface area contributed by atoms with Gasteiger partial charge in [0.2, 0.25) is 0 Å². The Balaban J connectivity index is 3.53. The quantitative estimate of drug-likeness (QED) is 0.384. The molecule has 0 spiro atoms. The molecule has 1 aromatic rings. The largest absolute Gasteiger partial charge is 0.0613 e. The fraction of sp³-hybridized carbons (Fsp3) is 0. The molecule has 72 valence electrons. The summed E-state index contributed by atoms with van der Waals surface area (Å²) >= 11 is 0. The first-order valence-electron chi connectivity index (χ1n) is 3.61. The highest BCUT2D eigenvalue weighted by Crippen LogP contribution is 2.37. The first-order valence-corrected chi connectivity index (χ1v) is 3.61. The van der Waals surface area contributed by atoms with Gasteiger partial charge < -0.3 is 0 Å². The first-order chi connectivity index (χ1) is 7.33. The highest BCUT2D eigenvalue weighted by atomic mass is 15.2. The van der Waals surface area contributed by atoms with Crippen molar-refractivity contribution >= 4 is 17.1 Å². The van der Waals surface area contributed by atoms with Gasteiger partial charge in [0.05, 0.1) is 5.69 Å². The summed E-state index contributed by atoms with van der Waals surface area (Å²) < 4.78 is 0. The Kier molecular flexibility index (Phi) is 3.41. The van der Waals surface area contributed by atoms with E-state index in [4.69, 9.17) is 16.6 Å². The Hall–Kier alpha value is -2.85. The van der Waals surface area contributed by atoms with E-state index in [0.717, 1.165) is 0 Å². The summed E-state index contributed by atoms with van der Waals surface area (Å²) in [6.45, 7) is 0. The molecule has 0 radical (unpaired) electrons. The summed E-state index contributed by atoms with van der Waals surface area (Å²) in [6.07, 6.45) is 0. The molecule has 0 heterocycles. The number of hydrogen-bond donors (Lipinski definition) is 0. The van der Waals surface area contributed by atoms with Gasteiger partial charge in [-0.15, -0.1) is 0 Å². The maximum absolute atomic E-state index is 8.29. The van der Waals surface area contributed by atoms with Gasteiger partial charge in [-0.25, -0.2) is 0 Å². The first kappa shape index (κ1) is 10.2. The molecule has 9 heteroatoms. The minimum Gasteiger partial charge on any atom is -0.0613 e. The summed E-state index contributed by atoms with van der Waals surface area (Å²) in [4.78, 5) is 7.66. The van der Waals surface area contributed by atoms with E-state index in [1.807, 2.05) is 0 Å². The zero-order chi connectivity index (χ0) is 11.1. The molecule has 1 aromatic carbocycles. The van der Waals surface area contributed by atoms with E-state index in [1.54, 1.807) is 0 Å².